The molecule has 14 heteroatoms. The molecule has 0 amide bonds. The molecule has 4 atom stereocenters. The average Bonchev–Trinajstić information content (AvgIpc) is 3.16. The molecule has 0 aromatic heterocycles. The van der Waals surface area contributed by atoms with Gasteiger partial charge in [0.2, 0.25) is 0 Å². The van der Waals surface area contributed by atoms with Gasteiger partial charge in [-0.15, -0.1) is 0 Å². The van der Waals surface area contributed by atoms with Crippen molar-refractivity contribution in [2.75, 3.05) is 6.61 Å². The van der Waals surface area contributed by atoms with Gasteiger partial charge >= 0.3 is 0 Å². The van der Waals surface area contributed by atoms with Gasteiger partial charge in [-0.25, -0.2) is 0 Å². The van der Waals surface area contributed by atoms with E-state index in [-0.39, 0.29) is 14.7 Å². The van der Waals surface area contributed by atoms with Crippen molar-refractivity contribution in [3.8, 4) is 0 Å². The summed E-state index contributed by atoms with van der Waals surface area (Å²) in [4.78, 5) is -0.685. The van der Waals surface area contributed by atoms with Gasteiger partial charge in [-0.05, 0) is 57.2 Å². The van der Waals surface area contributed by atoms with E-state index in [2.05, 4.69) is 0 Å². The molecule has 1 aliphatic heterocycles. The molecule has 0 saturated carbocycles. The molecule has 1 aliphatic rings. The number of aryl methyl sites for hydroxylation is 3. The van der Waals surface area contributed by atoms with Crippen LogP contribution in [0.1, 0.15) is 16.7 Å². The molecule has 0 bridgehead atoms. The Morgan fingerprint density at radius 1 is 0.600 bits per heavy atom. The van der Waals surface area contributed by atoms with Crippen LogP contribution in [0.3, 0.4) is 0 Å². The molecule has 1 saturated heterocycles. The maximum absolute atomic E-state index is 13.1. The number of aliphatic hydroxyl groups excluding tert-OH is 1. The second-order valence-corrected chi connectivity index (χ2v) is 14.0. The Labute approximate surface area is 233 Å². The summed E-state index contributed by atoms with van der Waals surface area (Å²) in [6.07, 6.45) is -7.26. The summed E-state index contributed by atoms with van der Waals surface area (Å²) >= 11 is 0. The van der Waals surface area contributed by atoms with Crippen molar-refractivity contribution in [1.29, 1.82) is 0 Å². The van der Waals surface area contributed by atoms with Crippen LogP contribution in [0, 0.1) is 20.8 Å². The summed E-state index contributed by atoms with van der Waals surface area (Å²) in [7, 11) is -13.4. The Morgan fingerprint density at radius 2 is 0.950 bits per heavy atom. The summed E-state index contributed by atoms with van der Waals surface area (Å²) in [6.45, 7) is 4.46. The summed E-state index contributed by atoms with van der Waals surface area (Å²) in [6, 6.07) is 17.0. The lowest BCUT2D eigenvalue weighted by atomic mass is 10.1. The second-order valence-electron chi connectivity index (χ2n) is 9.27. The summed E-state index contributed by atoms with van der Waals surface area (Å²) in [5.74, 6) is 0. The number of ether oxygens (including phenoxy) is 1. The van der Waals surface area contributed by atoms with Gasteiger partial charge in [0.1, 0.15) is 12.2 Å². The summed E-state index contributed by atoms with van der Waals surface area (Å²) in [5, 5.41) is 10.6. The quantitative estimate of drug-likeness (QED) is 0.335. The third kappa shape index (κ3) is 6.95. The molecule has 3 aromatic rings. The third-order valence-electron chi connectivity index (χ3n) is 6.08. The Morgan fingerprint density at radius 3 is 1.35 bits per heavy atom. The van der Waals surface area contributed by atoms with Gasteiger partial charge in [0.25, 0.3) is 30.4 Å². The first-order valence-electron chi connectivity index (χ1n) is 12.0. The van der Waals surface area contributed by atoms with Crippen LogP contribution in [0.5, 0.6) is 0 Å². The van der Waals surface area contributed by atoms with E-state index in [1.54, 1.807) is 32.9 Å². The maximum atomic E-state index is 13.1. The van der Waals surface area contributed by atoms with E-state index >= 15 is 0 Å². The summed E-state index contributed by atoms with van der Waals surface area (Å²) in [5.41, 5.74) is 2.36. The molecule has 1 N–H and O–H groups in total. The van der Waals surface area contributed by atoms with E-state index in [1.807, 2.05) is 0 Å². The minimum absolute atomic E-state index is 0.170. The van der Waals surface area contributed by atoms with Crippen LogP contribution in [-0.2, 0) is 47.6 Å². The van der Waals surface area contributed by atoms with Crippen LogP contribution < -0.4 is 0 Å². The standard InChI is InChI=1S/C26H28O11S3/c1-17-4-10-20(11-5-17)38(28,29)34-16-23-24(36-39(30,31)21-12-6-18(2)7-13-21)25(26(27)35-23)37-40(32,33)22-14-8-19(3)9-15-22/h4-15,23-27H,16H2,1-3H3/t23-,24-,25-,26+/m1/s1. The van der Waals surface area contributed by atoms with Crippen LogP contribution in [0.2, 0.25) is 0 Å². The highest BCUT2D eigenvalue weighted by Crippen LogP contribution is 2.32. The highest BCUT2D eigenvalue weighted by molar-refractivity contribution is 7.87. The highest BCUT2D eigenvalue weighted by Gasteiger charge is 2.51. The molecule has 1 fully saturated rings. The van der Waals surface area contributed by atoms with E-state index in [0.717, 1.165) is 16.7 Å². The van der Waals surface area contributed by atoms with Crippen LogP contribution in [0.25, 0.3) is 0 Å². The van der Waals surface area contributed by atoms with Gasteiger partial charge in [0.15, 0.2) is 12.4 Å². The molecule has 11 nitrogen and oxygen atoms in total. The zero-order valence-corrected chi connectivity index (χ0v) is 24.1. The smallest absolute Gasteiger partial charge is 0.297 e. The predicted octanol–water partition coefficient (Wildman–Crippen LogP) is 2.58. The molecule has 1 heterocycles. The zero-order chi connectivity index (χ0) is 29.3. The molecule has 40 heavy (non-hydrogen) atoms. The van der Waals surface area contributed by atoms with Gasteiger partial charge in [-0.1, -0.05) is 53.1 Å². The lowest BCUT2D eigenvalue weighted by Gasteiger charge is -2.23. The van der Waals surface area contributed by atoms with Crippen molar-refractivity contribution < 1.29 is 47.6 Å². The molecule has 0 unspecified atom stereocenters. The maximum Gasteiger partial charge on any atom is 0.297 e. The van der Waals surface area contributed by atoms with Crippen molar-refractivity contribution in [2.45, 2.75) is 60.1 Å². The van der Waals surface area contributed by atoms with Crippen LogP contribution in [0.4, 0.5) is 0 Å². The summed E-state index contributed by atoms with van der Waals surface area (Å²) < 4.78 is 98.6. The minimum atomic E-state index is -4.56. The molecular weight excluding hydrogens is 584 g/mol. The van der Waals surface area contributed by atoms with Crippen molar-refractivity contribution in [3.63, 3.8) is 0 Å². The van der Waals surface area contributed by atoms with Crippen LogP contribution in [0.15, 0.2) is 87.5 Å². The lowest BCUT2D eigenvalue weighted by Crippen LogP contribution is -2.41. The molecular formula is C26H28O11S3. The highest BCUT2D eigenvalue weighted by atomic mass is 32.2. The van der Waals surface area contributed by atoms with E-state index < -0.39 is 61.6 Å². The first-order valence-corrected chi connectivity index (χ1v) is 16.2. The van der Waals surface area contributed by atoms with Crippen molar-refractivity contribution >= 4 is 30.4 Å². The number of benzene rings is 3. The molecule has 0 radical (unpaired) electrons. The van der Waals surface area contributed by atoms with Crippen LogP contribution in [-0.4, -0.2) is 61.6 Å². The monoisotopic (exact) mass is 612 g/mol. The van der Waals surface area contributed by atoms with E-state index in [9.17, 15) is 30.4 Å². The molecule has 4 rings (SSSR count). The average molecular weight is 613 g/mol. The fourth-order valence-electron chi connectivity index (χ4n) is 3.80. The van der Waals surface area contributed by atoms with Crippen molar-refractivity contribution in [3.05, 3.63) is 89.5 Å². The number of hydrogen-bond acceptors (Lipinski definition) is 11. The van der Waals surface area contributed by atoms with Crippen LogP contribution >= 0.6 is 0 Å². The number of rotatable bonds is 10. The molecule has 0 spiro atoms. The second kappa shape index (κ2) is 11.7. The molecule has 216 valence electrons. The zero-order valence-electron chi connectivity index (χ0n) is 21.7. The van der Waals surface area contributed by atoms with Gasteiger partial charge < -0.3 is 9.84 Å². The first-order chi connectivity index (χ1) is 18.7. The normalized spacial score (nSPS) is 21.9. The Balaban J connectivity index is 1.63. The predicted molar refractivity (Wildman–Crippen MR) is 142 cm³/mol. The van der Waals surface area contributed by atoms with Gasteiger partial charge in [-0.2, -0.15) is 25.3 Å². The fraction of sp³-hybridized carbons (Fsp3) is 0.308. The van der Waals surface area contributed by atoms with Crippen molar-refractivity contribution in [2.24, 2.45) is 0 Å². The third-order valence-corrected chi connectivity index (χ3v) is 10.0. The van der Waals surface area contributed by atoms with Gasteiger partial charge in [0.05, 0.1) is 21.3 Å². The number of hydrogen-bond donors (Lipinski definition) is 1. The first kappa shape index (κ1) is 30.3. The Kier molecular flexibility index (Phi) is 8.82. The Bertz CT molecular complexity index is 1650. The minimum Gasteiger partial charge on any atom is -0.366 e. The lowest BCUT2D eigenvalue weighted by molar-refractivity contribution is -0.125. The van der Waals surface area contributed by atoms with E-state index in [0.29, 0.717) is 0 Å². The topological polar surface area (TPSA) is 160 Å². The Hall–Kier alpha value is -2.69. The molecule has 0 aliphatic carbocycles. The fourth-order valence-corrected chi connectivity index (χ4v) is 6.91. The van der Waals surface area contributed by atoms with Crippen molar-refractivity contribution in [1.82, 2.24) is 0 Å². The number of aliphatic hydroxyl groups is 1. The SMILES string of the molecule is Cc1ccc(S(=O)(=O)OC[C@H]2O[C@H](O)[C@H](OS(=O)(=O)c3ccc(C)cc3)[C@@H]2OS(=O)(=O)c2ccc(C)cc2)cc1. The van der Waals surface area contributed by atoms with Gasteiger partial charge in [0, 0.05) is 0 Å². The van der Waals surface area contributed by atoms with E-state index in [4.69, 9.17) is 17.3 Å². The molecule has 3 aromatic carbocycles. The van der Waals surface area contributed by atoms with E-state index in [1.165, 1.54) is 60.7 Å². The largest absolute Gasteiger partial charge is 0.366 e. The van der Waals surface area contributed by atoms with Gasteiger partial charge in [-0.3, -0.25) is 12.5 Å².